The van der Waals surface area contributed by atoms with E-state index in [0.717, 1.165) is 30.5 Å². The zero-order valence-electron chi connectivity index (χ0n) is 15.7. The van der Waals surface area contributed by atoms with Gasteiger partial charge in [-0.25, -0.2) is 4.98 Å². The molecule has 1 aromatic heterocycles. The van der Waals surface area contributed by atoms with Crippen LogP contribution in [0.15, 0.2) is 29.4 Å². The Balaban J connectivity index is 1.68. The molecule has 0 spiro atoms. The van der Waals surface area contributed by atoms with E-state index >= 15 is 0 Å². The molecule has 0 amide bonds. The summed E-state index contributed by atoms with van der Waals surface area (Å²) in [6.45, 7) is 8.51. The number of aryl methyl sites for hydroxylation is 2. The van der Waals surface area contributed by atoms with Gasteiger partial charge in [-0.1, -0.05) is 55.4 Å². The van der Waals surface area contributed by atoms with Crippen LogP contribution in [0, 0.1) is 12.8 Å². The Bertz CT molecular complexity index is 801. The van der Waals surface area contributed by atoms with Crippen molar-refractivity contribution in [1.29, 1.82) is 0 Å². The number of carbonyl (C=O) groups excluding carboxylic acids is 1. The van der Waals surface area contributed by atoms with Gasteiger partial charge in [-0.05, 0) is 37.8 Å². The molecular formula is C20H26N4OS. The fourth-order valence-corrected chi connectivity index (χ4v) is 5.29. The molecule has 1 aromatic carbocycles. The fraction of sp³-hybridized carbons (Fsp3) is 0.550. The summed E-state index contributed by atoms with van der Waals surface area (Å²) in [7, 11) is 0. The fourth-order valence-electron chi connectivity index (χ4n) is 4.01. The molecule has 4 rings (SSSR count). The number of nitrogens with zero attached hydrogens (tertiary/aromatic N) is 4. The van der Waals surface area contributed by atoms with Crippen LogP contribution in [0.5, 0.6) is 0 Å². The van der Waals surface area contributed by atoms with E-state index in [-0.39, 0.29) is 17.2 Å². The molecule has 0 bridgehead atoms. The molecule has 26 heavy (non-hydrogen) atoms. The number of benzene rings is 1. The van der Waals surface area contributed by atoms with Crippen LogP contribution in [0.2, 0.25) is 0 Å². The van der Waals surface area contributed by atoms with Gasteiger partial charge in [0.15, 0.2) is 11.0 Å². The highest BCUT2D eigenvalue weighted by molar-refractivity contribution is 8.00. The lowest BCUT2D eigenvalue weighted by Crippen LogP contribution is -2.43. The van der Waals surface area contributed by atoms with Crippen molar-refractivity contribution < 1.29 is 4.79 Å². The number of piperidine rings is 1. The van der Waals surface area contributed by atoms with Gasteiger partial charge in [-0.3, -0.25) is 9.69 Å². The van der Waals surface area contributed by atoms with Gasteiger partial charge in [0.05, 0.1) is 6.04 Å². The summed E-state index contributed by atoms with van der Waals surface area (Å²) < 4.78 is 1.53. The van der Waals surface area contributed by atoms with Gasteiger partial charge in [-0.15, -0.1) is 5.10 Å². The summed E-state index contributed by atoms with van der Waals surface area (Å²) in [6.07, 6.45) is 3.22. The normalized spacial score (nSPS) is 24.7. The Morgan fingerprint density at radius 3 is 2.73 bits per heavy atom. The number of likely N-dealkylation sites (tertiary alicyclic amines) is 1. The Morgan fingerprint density at radius 2 is 2.08 bits per heavy atom. The molecule has 2 aliphatic heterocycles. The van der Waals surface area contributed by atoms with Crippen molar-refractivity contribution in [2.24, 2.45) is 5.92 Å². The highest BCUT2D eigenvalue weighted by atomic mass is 32.2. The van der Waals surface area contributed by atoms with Gasteiger partial charge in [0, 0.05) is 13.0 Å². The second-order valence-corrected chi connectivity index (χ2v) is 8.66. The average Bonchev–Trinajstić information content (AvgIpc) is 3.17. The third kappa shape index (κ3) is 3.21. The van der Waals surface area contributed by atoms with E-state index in [1.54, 1.807) is 11.8 Å². The Morgan fingerprint density at radius 1 is 1.31 bits per heavy atom. The van der Waals surface area contributed by atoms with Crippen molar-refractivity contribution in [1.82, 2.24) is 19.7 Å². The lowest BCUT2D eigenvalue weighted by molar-refractivity contribution is 0.0787. The maximum atomic E-state index is 13.1. The van der Waals surface area contributed by atoms with Crippen molar-refractivity contribution in [2.45, 2.75) is 56.5 Å². The van der Waals surface area contributed by atoms with Crippen LogP contribution >= 0.6 is 11.8 Å². The van der Waals surface area contributed by atoms with Crippen molar-refractivity contribution in [3.05, 3.63) is 41.2 Å². The minimum atomic E-state index is -0.177. The third-order valence-electron chi connectivity index (χ3n) is 5.41. The summed E-state index contributed by atoms with van der Waals surface area (Å²) in [5, 5.41) is 4.98. The molecule has 138 valence electrons. The molecule has 0 aliphatic carbocycles. The summed E-state index contributed by atoms with van der Waals surface area (Å²) in [5.74, 6) is 1.49. The first-order chi connectivity index (χ1) is 12.6. The molecule has 2 aliphatic rings. The monoisotopic (exact) mass is 370 g/mol. The maximum Gasteiger partial charge on any atom is 0.264 e. The van der Waals surface area contributed by atoms with Crippen molar-refractivity contribution in [3.8, 4) is 0 Å². The van der Waals surface area contributed by atoms with Gasteiger partial charge < -0.3 is 0 Å². The lowest BCUT2D eigenvalue weighted by Gasteiger charge is -2.39. The second kappa shape index (κ2) is 7.16. The summed E-state index contributed by atoms with van der Waals surface area (Å²) >= 11 is 1.58. The topological polar surface area (TPSA) is 51.0 Å². The van der Waals surface area contributed by atoms with E-state index in [1.807, 2.05) is 6.92 Å². The van der Waals surface area contributed by atoms with Gasteiger partial charge in [0.25, 0.3) is 5.91 Å². The number of hydrogen-bond acceptors (Lipinski definition) is 5. The number of fused-ring (bicyclic) bond motifs is 1. The number of hydrogen-bond donors (Lipinski definition) is 0. The van der Waals surface area contributed by atoms with E-state index in [4.69, 9.17) is 0 Å². The second-order valence-electron chi connectivity index (χ2n) is 7.55. The van der Waals surface area contributed by atoms with Crippen molar-refractivity contribution >= 4 is 17.7 Å². The van der Waals surface area contributed by atoms with Gasteiger partial charge >= 0.3 is 0 Å². The van der Waals surface area contributed by atoms with E-state index in [1.165, 1.54) is 28.7 Å². The SMILES string of the molecule is CCc1nc2n(n1)C(=O)C(C(c1ccc(C)cc1)N1CCCC(C)C1)S2. The van der Waals surface area contributed by atoms with Crippen molar-refractivity contribution in [3.63, 3.8) is 0 Å². The van der Waals surface area contributed by atoms with Gasteiger partial charge in [-0.2, -0.15) is 4.68 Å². The Kier molecular flexibility index (Phi) is 4.88. The number of thioether (sulfide) groups is 1. The summed E-state index contributed by atoms with van der Waals surface area (Å²) in [4.78, 5) is 20.2. The van der Waals surface area contributed by atoms with Crippen LogP contribution in [0.25, 0.3) is 0 Å². The zero-order chi connectivity index (χ0) is 18.3. The van der Waals surface area contributed by atoms with E-state index in [2.05, 4.69) is 53.1 Å². The first kappa shape index (κ1) is 17.7. The molecule has 3 unspecified atom stereocenters. The van der Waals surface area contributed by atoms with Crippen LogP contribution in [-0.4, -0.2) is 43.9 Å². The van der Waals surface area contributed by atoms with Crippen LogP contribution < -0.4 is 0 Å². The predicted molar refractivity (Wildman–Crippen MR) is 104 cm³/mol. The van der Waals surface area contributed by atoms with E-state index < -0.39 is 0 Å². The van der Waals surface area contributed by atoms with Crippen molar-refractivity contribution in [2.75, 3.05) is 13.1 Å². The molecular weight excluding hydrogens is 344 g/mol. The van der Waals surface area contributed by atoms with Gasteiger partial charge in [0.1, 0.15) is 5.25 Å². The molecule has 1 fully saturated rings. The lowest BCUT2D eigenvalue weighted by atomic mass is 9.94. The number of aromatic nitrogens is 3. The molecule has 0 radical (unpaired) electrons. The molecule has 3 atom stereocenters. The Labute approximate surface area is 159 Å². The first-order valence-corrected chi connectivity index (χ1v) is 10.4. The summed E-state index contributed by atoms with van der Waals surface area (Å²) in [6, 6.07) is 8.72. The third-order valence-corrected chi connectivity index (χ3v) is 6.60. The molecule has 3 heterocycles. The highest BCUT2D eigenvalue weighted by Gasteiger charge is 2.43. The number of carbonyl (C=O) groups is 1. The predicted octanol–water partition coefficient (Wildman–Crippen LogP) is 3.74. The van der Waals surface area contributed by atoms with E-state index in [9.17, 15) is 4.79 Å². The van der Waals surface area contributed by atoms with Crippen LogP contribution in [0.3, 0.4) is 0 Å². The molecule has 5 nitrogen and oxygen atoms in total. The minimum Gasteiger partial charge on any atom is -0.294 e. The summed E-state index contributed by atoms with van der Waals surface area (Å²) in [5.41, 5.74) is 2.46. The highest BCUT2D eigenvalue weighted by Crippen LogP contribution is 2.42. The standard InChI is InChI=1S/C20H26N4OS/c1-4-16-21-20-24(22-16)19(25)18(26-20)17(15-9-7-13(2)8-10-15)23-11-5-6-14(3)12-23/h7-10,14,17-18H,4-6,11-12H2,1-3H3. The molecule has 0 N–H and O–H groups in total. The van der Waals surface area contributed by atoms with E-state index in [0.29, 0.717) is 5.92 Å². The quantitative estimate of drug-likeness (QED) is 0.821. The van der Waals surface area contributed by atoms with Crippen LogP contribution in [-0.2, 0) is 6.42 Å². The van der Waals surface area contributed by atoms with Crippen LogP contribution in [0.1, 0.15) is 54.5 Å². The molecule has 2 aromatic rings. The van der Waals surface area contributed by atoms with Crippen LogP contribution in [0.4, 0.5) is 0 Å². The smallest absolute Gasteiger partial charge is 0.264 e. The Hall–Kier alpha value is -1.66. The zero-order valence-corrected chi connectivity index (χ0v) is 16.5. The number of rotatable bonds is 4. The van der Waals surface area contributed by atoms with Gasteiger partial charge in [0.2, 0.25) is 0 Å². The minimum absolute atomic E-state index is 0.0704. The molecule has 0 saturated carbocycles. The maximum absolute atomic E-state index is 13.1. The molecule has 1 saturated heterocycles. The molecule has 6 heteroatoms. The first-order valence-electron chi connectivity index (χ1n) is 9.54. The largest absolute Gasteiger partial charge is 0.294 e. The average molecular weight is 371 g/mol.